The standard InChI is InChI=1S/C18H22N4OS/c1-11-5-4-6-13-15(11)16-18(20-17(13)23)24-14(19-16)10-22-8-7-12(9-22)21(2)3/h4-6,12H,7-10H2,1-3H3,(H,20,23)/t12-/m1/s1. The number of H-pyrrole nitrogens is 1. The van der Waals surface area contributed by atoms with Crippen molar-refractivity contribution in [1.29, 1.82) is 0 Å². The number of likely N-dealkylation sites (N-methyl/N-ethyl adjacent to an activating group) is 1. The average molecular weight is 342 g/mol. The van der Waals surface area contributed by atoms with Gasteiger partial charge >= 0.3 is 0 Å². The van der Waals surface area contributed by atoms with Gasteiger partial charge in [-0.05, 0) is 39.1 Å². The van der Waals surface area contributed by atoms with Crippen LogP contribution in [0.15, 0.2) is 23.0 Å². The van der Waals surface area contributed by atoms with Gasteiger partial charge in [-0.3, -0.25) is 9.69 Å². The Morgan fingerprint density at radius 3 is 3.00 bits per heavy atom. The molecule has 1 atom stereocenters. The van der Waals surface area contributed by atoms with Gasteiger partial charge in [0.25, 0.3) is 5.56 Å². The van der Waals surface area contributed by atoms with Crippen LogP contribution in [0.25, 0.3) is 21.1 Å². The molecule has 0 bridgehead atoms. The Labute approximate surface area is 144 Å². The fraction of sp³-hybridized carbons (Fsp3) is 0.444. The summed E-state index contributed by atoms with van der Waals surface area (Å²) in [5, 5.41) is 2.80. The van der Waals surface area contributed by atoms with E-state index in [0.29, 0.717) is 6.04 Å². The van der Waals surface area contributed by atoms with Crippen molar-refractivity contribution in [2.75, 3.05) is 27.2 Å². The van der Waals surface area contributed by atoms with E-state index >= 15 is 0 Å². The minimum absolute atomic E-state index is 0.0229. The lowest BCUT2D eigenvalue weighted by atomic mass is 10.1. The third kappa shape index (κ3) is 2.64. The van der Waals surface area contributed by atoms with Crippen LogP contribution in [0.4, 0.5) is 0 Å². The molecule has 0 spiro atoms. The molecule has 3 heterocycles. The monoisotopic (exact) mass is 342 g/mol. The highest BCUT2D eigenvalue weighted by atomic mass is 32.1. The van der Waals surface area contributed by atoms with Gasteiger partial charge in [-0.2, -0.15) is 0 Å². The molecule has 24 heavy (non-hydrogen) atoms. The summed E-state index contributed by atoms with van der Waals surface area (Å²) in [5.74, 6) is 0. The normalized spacial score (nSPS) is 19.1. The summed E-state index contributed by atoms with van der Waals surface area (Å²) in [6.07, 6.45) is 1.21. The van der Waals surface area contributed by atoms with Crippen molar-refractivity contribution in [3.05, 3.63) is 39.1 Å². The van der Waals surface area contributed by atoms with Gasteiger partial charge < -0.3 is 9.88 Å². The first kappa shape index (κ1) is 15.7. The van der Waals surface area contributed by atoms with Crippen molar-refractivity contribution in [1.82, 2.24) is 19.8 Å². The van der Waals surface area contributed by atoms with Gasteiger partial charge in [-0.15, -0.1) is 0 Å². The van der Waals surface area contributed by atoms with Crippen molar-refractivity contribution in [3.8, 4) is 0 Å². The van der Waals surface area contributed by atoms with Gasteiger partial charge in [0.1, 0.15) is 15.4 Å². The predicted molar refractivity (Wildman–Crippen MR) is 99.9 cm³/mol. The Morgan fingerprint density at radius 1 is 1.42 bits per heavy atom. The quantitative estimate of drug-likeness (QED) is 0.795. The Hall–Kier alpha value is -1.76. The molecule has 1 N–H and O–H groups in total. The molecule has 0 aliphatic carbocycles. The second kappa shape index (κ2) is 5.95. The zero-order valence-corrected chi connectivity index (χ0v) is 15.1. The number of rotatable bonds is 3. The van der Waals surface area contributed by atoms with E-state index in [1.54, 1.807) is 11.3 Å². The van der Waals surface area contributed by atoms with E-state index in [9.17, 15) is 4.79 Å². The number of nitrogens with zero attached hydrogens (tertiary/aromatic N) is 3. The molecule has 1 saturated heterocycles. The number of fused-ring (bicyclic) bond motifs is 3. The molecule has 6 heteroatoms. The van der Waals surface area contributed by atoms with E-state index in [4.69, 9.17) is 4.98 Å². The number of likely N-dealkylation sites (tertiary alicyclic amines) is 1. The number of aromatic amines is 1. The van der Waals surface area contributed by atoms with Crippen molar-refractivity contribution in [3.63, 3.8) is 0 Å². The molecule has 3 aromatic rings. The SMILES string of the molecule is Cc1cccc2c(=O)[nH]c3sc(CN4CC[C@@H](N(C)C)C4)nc3c12. The van der Waals surface area contributed by atoms with Crippen LogP contribution in [-0.2, 0) is 6.54 Å². The molecule has 0 unspecified atom stereocenters. The van der Waals surface area contributed by atoms with E-state index in [1.807, 2.05) is 25.1 Å². The maximum absolute atomic E-state index is 12.3. The number of thiazole rings is 1. The Balaban J connectivity index is 1.72. The highest BCUT2D eigenvalue weighted by molar-refractivity contribution is 7.18. The molecule has 2 aromatic heterocycles. The molecule has 0 saturated carbocycles. The summed E-state index contributed by atoms with van der Waals surface area (Å²) in [4.78, 5) is 25.8. The van der Waals surface area contributed by atoms with Crippen LogP contribution in [0, 0.1) is 6.92 Å². The molecule has 0 radical (unpaired) electrons. The van der Waals surface area contributed by atoms with Crippen LogP contribution < -0.4 is 5.56 Å². The molecule has 0 amide bonds. The molecule has 1 aliphatic rings. The molecule has 5 nitrogen and oxygen atoms in total. The van der Waals surface area contributed by atoms with Crippen LogP contribution >= 0.6 is 11.3 Å². The van der Waals surface area contributed by atoms with Gasteiger partial charge in [0, 0.05) is 29.9 Å². The van der Waals surface area contributed by atoms with Crippen LogP contribution in [0.2, 0.25) is 0 Å². The molecular weight excluding hydrogens is 320 g/mol. The molecular formula is C18H22N4OS. The van der Waals surface area contributed by atoms with Crippen LogP contribution in [-0.4, -0.2) is 53.0 Å². The average Bonchev–Trinajstić information content (AvgIpc) is 3.14. The maximum atomic E-state index is 12.3. The minimum atomic E-state index is -0.0229. The summed E-state index contributed by atoms with van der Waals surface area (Å²) in [5.41, 5.74) is 2.02. The molecule has 4 rings (SSSR count). The summed E-state index contributed by atoms with van der Waals surface area (Å²) in [6.45, 7) is 5.09. The molecule has 1 aromatic carbocycles. The van der Waals surface area contributed by atoms with E-state index in [-0.39, 0.29) is 5.56 Å². The van der Waals surface area contributed by atoms with Crippen molar-refractivity contribution >= 4 is 32.5 Å². The van der Waals surface area contributed by atoms with E-state index in [0.717, 1.165) is 51.3 Å². The van der Waals surface area contributed by atoms with Gasteiger partial charge in [0.05, 0.1) is 6.54 Å². The van der Waals surface area contributed by atoms with Crippen LogP contribution in [0.1, 0.15) is 17.0 Å². The topological polar surface area (TPSA) is 52.2 Å². The van der Waals surface area contributed by atoms with E-state index < -0.39 is 0 Å². The van der Waals surface area contributed by atoms with Crippen LogP contribution in [0.5, 0.6) is 0 Å². The summed E-state index contributed by atoms with van der Waals surface area (Å²) in [6, 6.07) is 6.48. The smallest absolute Gasteiger partial charge is 0.257 e. The number of benzene rings is 1. The van der Waals surface area contributed by atoms with Gasteiger partial charge in [-0.25, -0.2) is 4.98 Å². The van der Waals surface area contributed by atoms with Crippen molar-refractivity contribution in [2.45, 2.75) is 25.9 Å². The number of pyridine rings is 1. The number of nitrogens with one attached hydrogen (secondary N) is 1. The zero-order valence-electron chi connectivity index (χ0n) is 14.3. The van der Waals surface area contributed by atoms with Gasteiger partial charge in [-0.1, -0.05) is 23.5 Å². The number of aryl methyl sites for hydroxylation is 1. The molecule has 1 fully saturated rings. The first-order valence-corrected chi connectivity index (χ1v) is 9.14. The first-order chi connectivity index (χ1) is 11.5. The summed E-state index contributed by atoms with van der Waals surface area (Å²) >= 11 is 1.61. The third-order valence-corrected chi connectivity index (χ3v) is 5.94. The highest BCUT2D eigenvalue weighted by Crippen LogP contribution is 2.29. The first-order valence-electron chi connectivity index (χ1n) is 8.32. The number of hydrogen-bond donors (Lipinski definition) is 1. The van der Waals surface area contributed by atoms with Gasteiger partial charge in [0.2, 0.25) is 0 Å². The highest BCUT2D eigenvalue weighted by Gasteiger charge is 2.25. The van der Waals surface area contributed by atoms with Gasteiger partial charge in [0.15, 0.2) is 0 Å². The van der Waals surface area contributed by atoms with E-state index in [1.165, 1.54) is 6.42 Å². The number of aromatic nitrogens is 2. The van der Waals surface area contributed by atoms with Crippen LogP contribution in [0.3, 0.4) is 0 Å². The second-order valence-electron chi connectivity index (χ2n) is 6.88. The fourth-order valence-corrected chi connectivity index (χ4v) is 4.60. The summed E-state index contributed by atoms with van der Waals surface area (Å²) < 4.78 is 0. The predicted octanol–water partition coefficient (Wildman–Crippen LogP) is 2.58. The summed E-state index contributed by atoms with van der Waals surface area (Å²) in [7, 11) is 4.29. The largest absolute Gasteiger partial charge is 0.312 e. The Morgan fingerprint density at radius 2 is 2.25 bits per heavy atom. The lowest BCUT2D eigenvalue weighted by Crippen LogP contribution is -2.31. The Kier molecular flexibility index (Phi) is 3.90. The maximum Gasteiger partial charge on any atom is 0.257 e. The minimum Gasteiger partial charge on any atom is -0.312 e. The molecule has 1 aliphatic heterocycles. The van der Waals surface area contributed by atoms with E-state index in [2.05, 4.69) is 28.9 Å². The fourth-order valence-electron chi connectivity index (χ4n) is 3.60. The second-order valence-corrected chi connectivity index (χ2v) is 7.96. The van der Waals surface area contributed by atoms with Crippen molar-refractivity contribution < 1.29 is 0 Å². The van der Waals surface area contributed by atoms with Crippen molar-refractivity contribution in [2.24, 2.45) is 0 Å². The zero-order chi connectivity index (χ0) is 16.8. The lowest BCUT2D eigenvalue weighted by Gasteiger charge is -2.19. The number of hydrogen-bond acceptors (Lipinski definition) is 5. The lowest BCUT2D eigenvalue weighted by molar-refractivity contribution is 0.264. The Bertz CT molecular complexity index is 959. The molecule has 126 valence electrons. The third-order valence-electron chi connectivity index (χ3n) is 4.99.